The average Bonchev–Trinajstić information content (AvgIpc) is 3.48. The Morgan fingerprint density at radius 3 is 2.56 bits per heavy atom. The van der Waals surface area contributed by atoms with Crippen LogP contribution in [-0.2, 0) is 26.7 Å². The van der Waals surface area contributed by atoms with Crippen LogP contribution in [0.5, 0.6) is 0 Å². The van der Waals surface area contributed by atoms with Crippen LogP contribution in [0.15, 0.2) is 84.5 Å². The molecule has 2 N–H and O–H groups in total. The fraction of sp³-hybridized carbons (Fsp3) is 0.240. The Bertz CT molecular complexity index is 1140. The molecule has 0 aliphatic rings. The van der Waals surface area contributed by atoms with Crippen molar-refractivity contribution >= 4 is 5.96 Å². The van der Waals surface area contributed by atoms with Gasteiger partial charge in [-0.3, -0.25) is 4.68 Å². The molecule has 0 saturated heterocycles. The summed E-state index contributed by atoms with van der Waals surface area (Å²) in [6.45, 7) is 4.95. The van der Waals surface area contributed by atoms with Gasteiger partial charge in [0.25, 0.3) is 0 Å². The van der Waals surface area contributed by atoms with E-state index in [-0.39, 0.29) is 0 Å². The van der Waals surface area contributed by atoms with Gasteiger partial charge in [0.2, 0.25) is 0 Å². The monoisotopic (exact) mass is 427 g/mol. The first kappa shape index (κ1) is 21.4. The summed E-state index contributed by atoms with van der Waals surface area (Å²) in [5, 5.41) is 10.9. The molecule has 0 bridgehead atoms. The first-order valence-electron chi connectivity index (χ1n) is 10.8. The van der Waals surface area contributed by atoms with E-state index in [1.54, 1.807) is 12.4 Å². The van der Waals surface area contributed by atoms with E-state index in [1.165, 1.54) is 22.3 Å². The SMILES string of the molecule is CCNC(=NCc1ccccc1-c1ccc(Cn2ccnc2)cc1)NCc1ccnn1C. The number of benzene rings is 2. The second-order valence-corrected chi connectivity index (χ2v) is 7.58. The normalized spacial score (nSPS) is 11.5. The van der Waals surface area contributed by atoms with Crippen molar-refractivity contribution in [3.63, 3.8) is 0 Å². The van der Waals surface area contributed by atoms with Crippen LogP contribution in [0.3, 0.4) is 0 Å². The molecule has 2 heterocycles. The number of aromatic nitrogens is 4. The highest BCUT2D eigenvalue weighted by Crippen LogP contribution is 2.25. The Kier molecular flexibility index (Phi) is 6.97. The van der Waals surface area contributed by atoms with Crippen LogP contribution in [0.1, 0.15) is 23.7 Å². The van der Waals surface area contributed by atoms with Gasteiger partial charge in [-0.15, -0.1) is 0 Å². The maximum absolute atomic E-state index is 4.82. The largest absolute Gasteiger partial charge is 0.357 e. The van der Waals surface area contributed by atoms with Gasteiger partial charge in [-0.25, -0.2) is 9.98 Å². The van der Waals surface area contributed by atoms with Crippen LogP contribution in [0.25, 0.3) is 11.1 Å². The second-order valence-electron chi connectivity index (χ2n) is 7.58. The molecule has 0 unspecified atom stereocenters. The molecule has 164 valence electrons. The van der Waals surface area contributed by atoms with Crippen LogP contribution in [0, 0.1) is 0 Å². The van der Waals surface area contributed by atoms with E-state index >= 15 is 0 Å². The van der Waals surface area contributed by atoms with E-state index in [9.17, 15) is 0 Å². The lowest BCUT2D eigenvalue weighted by atomic mass is 9.98. The molecular weight excluding hydrogens is 398 g/mol. The summed E-state index contributed by atoms with van der Waals surface area (Å²) in [5.74, 6) is 0.791. The number of hydrogen-bond acceptors (Lipinski definition) is 3. The van der Waals surface area contributed by atoms with E-state index in [4.69, 9.17) is 4.99 Å². The molecule has 0 fully saturated rings. The van der Waals surface area contributed by atoms with Crippen LogP contribution in [0.2, 0.25) is 0 Å². The fourth-order valence-electron chi connectivity index (χ4n) is 3.58. The number of imidazole rings is 1. The van der Waals surface area contributed by atoms with Gasteiger partial charge in [0.15, 0.2) is 5.96 Å². The molecule has 2 aromatic heterocycles. The Morgan fingerprint density at radius 1 is 1.00 bits per heavy atom. The summed E-state index contributed by atoms with van der Waals surface area (Å²) in [7, 11) is 1.94. The lowest BCUT2D eigenvalue weighted by Gasteiger charge is -2.13. The van der Waals surface area contributed by atoms with Crippen molar-refractivity contribution in [2.45, 2.75) is 26.6 Å². The average molecular weight is 428 g/mol. The second kappa shape index (κ2) is 10.4. The maximum Gasteiger partial charge on any atom is 0.191 e. The molecule has 32 heavy (non-hydrogen) atoms. The van der Waals surface area contributed by atoms with Crippen molar-refractivity contribution in [1.29, 1.82) is 0 Å². The highest BCUT2D eigenvalue weighted by atomic mass is 15.3. The molecular formula is C25H29N7. The first-order chi connectivity index (χ1) is 15.7. The zero-order valence-electron chi connectivity index (χ0n) is 18.6. The van der Waals surface area contributed by atoms with Crippen molar-refractivity contribution in [3.05, 3.63) is 96.3 Å². The highest BCUT2D eigenvalue weighted by Gasteiger charge is 2.06. The lowest BCUT2D eigenvalue weighted by molar-refractivity contribution is 0.685. The molecule has 0 spiro atoms. The zero-order chi connectivity index (χ0) is 22.2. The Balaban J connectivity index is 1.47. The highest BCUT2D eigenvalue weighted by molar-refractivity contribution is 5.80. The van der Waals surface area contributed by atoms with Crippen molar-refractivity contribution in [2.75, 3.05) is 6.54 Å². The molecule has 4 rings (SSSR count). The predicted molar refractivity (Wildman–Crippen MR) is 128 cm³/mol. The fourth-order valence-corrected chi connectivity index (χ4v) is 3.58. The predicted octanol–water partition coefficient (Wildman–Crippen LogP) is 3.59. The molecule has 7 nitrogen and oxygen atoms in total. The smallest absolute Gasteiger partial charge is 0.191 e. The quantitative estimate of drug-likeness (QED) is 0.333. The molecule has 0 aliphatic carbocycles. The standard InChI is InChI=1S/C25H29N7/c1-3-27-25(29-17-23-12-13-30-31(23)2)28-16-22-6-4-5-7-24(22)21-10-8-20(9-11-21)18-32-15-14-26-19-32/h4-15,19H,3,16-18H2,1-2H3,(H2,27,28,29). The maximum atomic E-state index is 4.82. The van der Waals surface area contributed by atoms with Gasteiger partial charge < -0.3 is 15.2 Å². The summed E-state index contributed by atoms with van der Waals surface area (Å²) in [4.78, 5) is 8.93. The number of guanidine groups is 1. The summed E-state index contributed by atoms with van der Waals surface area (Å²) in [6.07, 6.45) is 7.42. The summed E-state index contributed by atoms with van der Waals surface area (Å²) < 4.78 is 3.93. The van der Waals surface area contributed by atoms with Gasteiger partial charge in [0, 0.05) is 38.7 Å². The van der Waals surface area contributed by atoms with Crippen LogP contribution in [-0.4, -0.2) is 31.8 Å². The van der Waals surface area contributed by atoms with Crippen molar-refractivity contribution in [2.24, 2.45) is 12.0 Å². The first-order valence-corrected chi connectivity index (χ1v) is 10.8. The van der Waals surface area contributed by atoms with Crippen LogP contribution >= 0.6 is 0 Å². The van der Waals surface area contributed by atoms with Gasteiger partial charge in [0.05, 0.1) is 25.1 Å². The number of aryl methyl sites for hydroxylation is 1. The molecule has 4 aromatic rings. The molecule has 2 aromatic carbocycles. The van der Waals surface area contributed by atoms with E-state index in [2.05, 4.69) is 80.7 Å². The van der Waals surface area contributed by atoms with Gasteiger partial charge >= 0.3 is 0 Å². The number of hydrogen-bond donors (Lipinski definition) is 2. The van der Waals surface area contributed by atoms with Gasteiger partial charge in [-0.1, -0.05) is 48.5 Å². The molecule has 7 heteroatoms. The number of nitrogens with one attached hydrogen (secondary N) is 2. The van der Waals surface area contributed by atoms with Gasteiger partial charge in [0.1, 0.15) is 0 Å². The third-order valence-corrected chi connectivity index (χ3v) is 5.32. The molecule has 0 saturated carbocycles. The minimum Gasteiger partial charge on any atom is -0.357 e. The van der Waals surface area contributed by atoms with E-state index < -0.39 is 0 Å². The van der Waals surface area contributed by atoms with Gasteiger partial charge in [-0.05, 0) is 35.2 Å². The Morgan fingerprint density at radius 2 is 1.84 bits per heavy atom. The Hall–Kier alpha value is -3.87. The minimum absolute atomic E-state index is 0.591. The van der Waals surface area contributed by atoms with Crippen LogP contribution in [0.4, 0.5) is 0 Å². The molecule has 0 amide bonds. The third-order valence-electron chi connectivity index (χ3n) is 5.32. The van der Waals surface area contributed by atoms with Crippen LogP contribution < -0.4 is 10.6 Å². The summed E-state index contributed by atoms with van der Waals surface area (Å²) >= 11 is 0. The Labute approximate surface area is 188 Å². The van der Waals surface area contributed by atoms with E-state index in [0.717, 1.165) is 24.7 Å². The van der Waals surface area contributed by atoms with Crippen molar-refractivity contribution in [3.8, 4) is 11.1 Å². The number of rotatable bonds is 8. The lowest BCUT2D eigenvalue weighted by Crippen LogP contribution is -2.37. The third kappa shape index (κ3) is 5.43. The van der Waals surface area contributed by atoms with E-state index in [0.29, 0.717) is 13.1 Å². The van der Waals surface area contributed by atoms with Crippen molar-refractivity contribution < 1.29 is 0 Å². The topological polar surface area (TPSA) is 72.1 Å². The zero-order valence-corrected chi connectivity index (χ0v) is 18.6. The molecule has 0 aliphatic heterocycles. The van der Waals surface area contributed by atoms with Crippen molar-refractivity contribution in [1.82, 2.24) is 30.0 Å². The number of aliphatic imine (C=N–C) groups is 1. The molecule has 0 atom stereocenters. The summed E-state index contributed by atoms with van der Waals surface area (Å²) in [5.41, 5.74) is 5.93. The molecule has 0 radical (unpaired) electrons. The number of nitrogens with zero attached hydrogens (tertiary/aromatic N) is 5. The summed E-state index contributed by atoms with van der Waals surface area (Å²) in [6, 6.07) is 19.2. The van der Waals surface area contributed by atoms with E-state index in [1.807, 2.05) is 30.3 Å². The minimum atomic E-state index is 0.591. The van der Waals surface area contributed by atoms with Gasteiger partial charge in [-0.2, -0.15) is 5.10 Å².